The highest BCUT2D eigenvalue weighted by atomic mass is 16.5. The fourth-order valence-electron chi connectivity index (χ4n) is 3.70. The molecule has 1 atom stereocenters. The van der Waals surface area contributed by atoms with Crippen LogP contribution >= 0.6 is 0 Å². The molecule has 3 rings (SSSR count). The van der Waals surface area contributed by atoms with E-state index >= 15 is 0 Å². The van der Waals surface area contributed by atoms with Crippen molar-refractivity contribution in [3.05, 3.63) is 51.9 Å². The van der Waals surface area contributed by atoms with Crippen LogP contribution in [0.3, 0.4) is 0 Å². The van der Waals surface area contributed by atoms with Crippen LogP contribution < -0.4 is 16.1 Å². The van der Waals surface area contributed by atoms with E-state index in [1.54, 1.807) is 6.07 Å². The number of rotatable bonds is 7. The van der Waals surface area contributed by atoms with Gasteiger partial charge in [0.2, 0.25) is 11.8 Å². The molecule has 0 radical (unpaired) electrons. The Hall–Kier alpha value is -3.09. The molecule has 1 aliphatic rings. The van der Waals surface area contributed by atoms with Gasteiger partial charge in [0, 0.05) is 30.0 Å². The standard InChI is InChI=1S/C22H26N2O5/c1-13(2)12-28-15-6-7-16-14(3)17(22(27)29-19(16)11-15)8-9-20(25)24-10-4-5-18(24)21(23)26/h6-7,11,18H,1,4-5,8-10,12H2,2-3H3,(H2,23,26)/t18-/m0/s1. The van der Waals surface area contributed by atoms with E-state index in [4.69, 9.17) is 14.9 Å². The summed E-state index contributed by atoms with van der Waals surface area (Å²) >= 11 is 0. The van der Waals surface area contributed by atoms with E-state index in [-0.39, 0.29) is 18.7 Å². The summed E-state index contributed by atoms with van der Waals surface area (Å²) in [6.07, 6.45) is 1.72. The van der Waals surface area contributed by atoms with Gasteiger partial charge in [0.05, 0.1) is 0 Å². The molecule has 0 bridgehead atoms. The van der Waals surface area contributed by atoms with Gasteiger partial charge in [0.25, 0.3) is 0 Å². The zero-order chi connectivity index (χ0) is 21.1. The normalized spacial score (nSPS) is 16.2. The lowest BCUT2D eigenvalue weighted by molar-refractivity contribution is -0.137. The number of aryl methyl sites for hydroxylation is 1. The van der Waals surface area contributed by atoms with Gasteiger partial charge in [-0.2, -0.15) is 0 Å². The molecule has 7 heteroatoms. The summed E-state index contributed by atoms with van der Waals surface area (Å²) in [5, 5.41) is 0.797. The minimum atomic E-state index is -0.547. The molecule has 1 aromatic carbocycles. The Morgan fingerprint density at radius 2 is 2.14 bits per heavy atom. The van der Waals surface area contributed by atoms with Crippen molar-refractivity contribution in [2.24, 2.45) is 5.73 Å². The molecule has 1 aliphatic heterocycles. The van der Waals surface area contributed by atoms with E-state index in [0.717, 1.165) is 22.9 Å². The molecule has 2 N–H and O–H groups in total. The van der Waals surface area contributed by atoms with Crippen molar-refractivity contribution in [1.82, 2.24) is 4.90 Å². The molecular formula is C22H26N2O5. The van der Waals surface area contributed by atoms with Crippen LogP contribution in [-0.2, 0) is 16.0 Å². The third kappa shape index (κ3) is 4.50. The van der Waals surface area contributed by atoms with E-state index < -0.39 is 17.6 Å². The zero-order valence-electron chi connectivity index (χ0n) is 16.8. The van der Waals surface area contributed by atoms with Crippen LogP contribution in [0.4, 0.5) is 0 Å². The number of likely N-dealkylation sites (tertiary alicyclic amines) is 1. The fraction of sp³-hybridized carbons (Fsp3) is 0.409. The molecule has 1 aromatic heterocycles. The Morgan fingerprint density at radius 3 is 2.83 bits per heavy atom. The van der Waals surface area contributed by atoms with Crippen molar-refractivity contribution >= 4 is 22.8 Å². The van der Waals surface area contributed by atoms with Crippen LogP contribution in [0.25, 0.3) is 11.0 Å². The average Bonchev–Trinajstić information content (AvgIpc) is 3.16. The highest BCUT2D eigenvalue weighted by molar-refractivity contribution is 5.87. The number of hydrogen-bond donors (Lipinski definition) is 1. The second-order valence-corrected chi connectivity index (χ2v) is 7.54. The molecule has 7 nitrogen and oxygen atoms in total. The maximum Gasteiger partial charge on any atom is 0.339 e. The summed E-state index contributed by atoms with van der Waals surface area (Å²) in [7, 11) is 0. The Kier molecular flexibility index (Phi) is 6.06. The van der Waals surface area contributed by atoms with Crippen molar-refractivity contribution in [2.45, 2.75) is 45.6 Å². The average molecular weight is 398 g/mol. The molecule has 2 amide bonds. The Balaban J connectivity index is 1.78. The summed E-state index contributed by atoms with van der Waals surface area (Å²) < 4.78 is 11.1. The molecule has 1 saturated heterocycles. The van der Waals surface area contributed by atoms with Gasteiger partial charge in [-0.05, 0) is 56.4 Å². The molecule has 2 heterocycles. The topological polar surface area (TPSA) is 103 Å². The molecule has 0 spiro atoms. The smallest absolute Gasteiger partial charge is 0.339 e. The van der Waals surface area contributed by atoms with Gasteiger partial charge < -0.3 is 19.8 Å². The highest BCUT2D eigenvalue weighted by Crippen LogP contribution is 2.25. The summed E-state index contributed by atoms with van der Waals surface area (Å²) in [5.74, 6) is -0.0619. The highest BCUT2D eigenvalue weighted by Gasteiger charge is 2.32. The van der Waals surface area contributed by atoms with Crippen LogP contribution in [0, 0.1) is 6.92 Å². The number of carbonyl (C=O) groups excluding carboxylic acids is 2. The number of benzene rings is 1. The maximum atomic E-state index is 12.6. The van der Waals surface area contributed by atoms with Crippen molar-refractivity contribution in [1.29, 1.82) is 0 Å². The molecule has 154 valence electrons. The Bertz CT molecular complexity index is 1020. The van der Waals surface area contributed by atoms with Crippen LogP contribution in [0.5, 0.6) is 5.75 Å². The molecule has 29 heavy (non-hydrogen) atoms. The van der Waals surface area contributed by atoms with E-state index in [1.165, 1.54) is 4.90 Å². The van der Waals surface area contributed by atoms with Gasteiger partial charge in [-0.3, -0.25) is 9.59 Å². The monoisotopic (exact) mass is 398 g/mol. The van der Waals surface area contributed by atoms with E-state index in [1.807, 2.05) is 26.0 Å². The SMILES string of the molecule is C=C(C)COc1ccc2c(C)c(CCC(=O)N3CCC[C@H]3C(N)=O)c(=O)oc2c1. The minimum absolute atomic E-state index is 0.126. The third-order valence-corrected chi connectivity index (χ3v) is 5.23. The van der Waals surface area contributed by atoms with E-state index in [0.29, 0.717) is 36.5 Å². The first-order chi connectivity index (χ1) is 13.8. The molecular weight excluding hydrogens is 372 g/mol. The third-order valence-electron chi connectivity index (χ3n) is 5.23. The predicted octanol–water partition coefficient (Wildman–Crippen LogP) is 2.47. The van der Waals surface area contributed by atoms with Crippen LogP contribution in [0.1, 0.15) is 37.3 Å². The van der Waals surface area contributed by atoms with E-state index in [2.05, 4.69) is 6.58 Å². The lowest BCUT2D eigenvalue weighted by Crippen LogP contribution is -2.43. The molecule has 0 aliphatic carbocycles. The minimum Gasteiger partial charge on any atom is -0.489 e. The van der Waals surface area contributed by atoms with E-state index in [9.17, 15) is 14.4 Å². The zero-order valence-corrected chi connectivity index (χ0v) is 16.8. The number of fused-ring (bicyclic) bond motifs is 1. The molecule has 2 aromatic rings. The van der Waals surface area contributed by atoms with Gasteiger partial charge >= 0.3 is 5.63 Å². The number of hydrogen-bond acceptors (Lipinski definition) is 5. The summed E-state index contributed by atoms with van der Waals surface area (Å²) in [5.41, 5.74) is 7.49. The predicted molar refractivity (Wildman–Crippen MR) is 110 cm³/mol. The number of carbonyl (C=O) groups is 2. The quantitative estimate of drug-likeness (QED) is 0.570. The van der Waals surface area contributed by atoms with Crippen LogP contribution in [0.2, 0.25) is 0 Å². The van der Waals surface area contributed by atoms with Crippen molar-refractivity contribution < 1.29 is 18.7 Å². The van der Waals surface area contributed by atoms with Gasteiger partial charge in [-0.1, -0.05) is 6.58 Å². The van der Waals surface area contributed by atoms with Gasteiger partial charge in [0.1, 0.15) is 24.0 Å². The van der Waals surface area contributed by atoms with Gasteiger partial charge in [-0.15, -0.1) is 0 Å². The number of nitrogens with zero attached hydrogens (tertiary/aromatic N) is 1. The molecule has 0 saturated carbocycles. The second-order valence-electron chi connectivity index (χ2n) is 7.54. The lowest BCUT2D eigenvalue weighted by Gasteiger charge is -2.22. The lowest BCUT2D eigenvalue weighted by atomic mass is 10.0. The van der Waals surface area contributed by atoms with Crippen molar-refractivity contribution in [3.8, 4) is 5.75 Å². The molecule has 1 fully saturated rings. The number of amides is 2. The summed E-state index contributed by atoms with van der Waals surface area (Å²) in [6, 6.07) is 4.79. The first-order valence-corrected chi connectivity index (χ1v) is 9.70. The second kappa shape index (κ2) is 8.51. The molecule has 0 unspecified atom stereocenters. The first-order valence-electron chi connectivity index (χ1n) is 9.70. The van der Waals surface area contributed by atoms with Crippen molar-refractivity contribution in [3.63, 3.8) is 0 Å². The summed E-state index contributed by atoms with van der Waals surface area (Å²) in [6.45, 7) is 8.41. The Morgan fingerprint density at radius 1 is 1.38 bits per heavy atom. The maximum absolute atomic E-state index is 12.6. The number of primary amides is 1. The Labute approximate surface area is 169 Å². The van der Waals surface area contributed by atoms with Gasteiger partial charge in [0.15, 0.2) is 0 Å². The summed E-state index contributed by atoms with van der Waals surface area (Å²) in [4.78, 5) is 38.1. The number of nitrogens with two attached hydrogens (primary N) is 1. The largest absolute Gasteiger partial charge is 0.489 e. The first kappa shape index (κ1) is 20.6. The number of ether oxygens (including phenoxy) is 1. The van der Waals surface area contributed by atoms with Gasteiger partial charge in [-0.25, -0.2) is 4.79 Å². The van der Waals surface area contributed by atoms with Crippen LogP contribution in [0.15, 0.2) is 39.6 Å². The fourth-order valence-corrected chi connectivity index (χ4v) is 3.70. The van der Waals surface area contributed by atoms with Crippen LogP contribution in [-0.4, -0.2) is 35.9 Å². The van der Waals surface area contributed by atoms with Crippen molar-refractivity contribution in [2.75, 3.05) is 13.2 Å².